The average Bonchev–Trinajstić information content (AvgIpc) is 2.30. The fourth-order valence-electron chi connectivity index (χ4n) is 2.48. The van der Waals surface area contributed by atoms with Crippen LogP contribution in [-0.2, 0) is 0 Å². The zero-order valence-corrected chi connectivity index (χ0v) is 14.8. The molecule has 0 N–H and O–H groups in total. The van der Waals surface area contributed by atoms with Crippen molar-refractivity contribution < 1.29 is 1.37 Å². The summed E-state index contributed by atoms with van der Waals surface area (Å²) in [7, 11) is 0. The molecule has 96 valence electrons. The number of unbranched alkanes of at least 4 members (excludes halogenated alkanes) is 3. The van der Waals surface area contributed by atoms with Gasteiger partial charge in [0, 0.05) is 0 Å². The third-order valence-electron chi connectivity index (χ3n) is 3.54. The molecule has 0 atom stereocenters. The number of hydrogen-bond donors (Lipinski definition) is 0. The van der Waals surface area contributed by atoms with Gasteiger partial charge in [0.25, 0.3) is 0 Å². The zero-order chi connectivity index (χ0) is 13.1. The molecule has 0 aromatic heterocycles. The van der Waals surface area contributed by atoms with Crippen LogP contribution in [0.5, 0.6) is 0 Å². The van der Waals surface area contributed by atoms with Crippen molar-refractivity contribution >= 4 is 18.4 Å². The Bertz CT molecular complexity index is 185. The summed E-state index contributed by atoms with van der Waals surface area (Å²) in [4.78, 5) is 0. The van der Waals surface area contributed by atoms with Crippen molar-refractivity contribution in [3.05, 3.63) is 10.1 Å². The van der Waals surface area contributed by atoms with Gasteiger partial charge >= 0.3 is 109 Å². The van der Waals surface area contributed by atoms with Crippen LogP contribution in [0.4, 0.5) is 0 Å². The van der Waals surface area contributed by atoms with Crippen molar-refractivity contribution in [2.75, 3.05) is 0 Å². The number of allylic oxidation sites excluding steroid dienone is 1. The fourth-order valence-corrected chi connectivity index (χ4v) is 16.7. The van der Waals surface area contributed by atoms with E-state index in [9.17, 15) is 0 Å². The predicted molar refractivity (Wildman–Crippen MR) is 79.7 cm³/mol. The van der Waals surface area contributed by atoms with Gasteiger partial charge in [-0.2, -0.15) is 0 Å². The number of hydrogen-bond acceptors (Lipinski definition) is 0. The first-order valence-electron chi connectivity index (χ1n) is 7.76. The summed E-state index contributed by atoms with van der Waals surface area (Å²) >= 11 is -2.09. The van der Waals surface area contributed by atoms with Gasteiger partial charge in [0.2, 0.25) is 0 Å². The third-order valence-corrected chi connectivity index (χ3v) is 17.7. The van der Waals surface area contributed by atoms with E-state index >= 15 is 0 Å². The molecule has 16 heavy (non-hydrogen) atoms. The van der Waals surface area contributed by atoms with Gasteiger partial charge in [-0.15, -0.1) is 0 Å². The maximum absolute atomic E-state index is 7.85. The molecule has 0 saturated heterocycles. The molecule has 0 aromatic rings. The topological polar surface area (TPSA) is 0 Å². The first kappa shape index (κ1) is 14.6. The van der Waals surface area contributed by atoms with Gasteiger partial charge < -0.3 is 0 Å². The molecule has 0 aliphatic rings. The van der Waals surface area contributed by atoms with E-state index in [4.69, 9.17) is 1.37 Å². The molecule has 0 aliphatic heterocycles. The van der Waals surface area contributed by atoms with Gasteiger partial charge in [-0.3, -0.25) is 0 Å². The molecule has 0 aromatic carbocycles. The Hall–Kier alpha value is 0.539. The zero-order valence-electron chi connectivity index (χ0n) is 12.9. The maximum atomic E-state index is 7.85. The van der Waals surface area contributed by atoms with Crippen molar-refractivity contribution in [3.8, 4) is 0 Å². The van der Waals surface area contributed by atoms with E-state index in [-0.39, 0.29) is 0 Å². The van der Waals surface area contributed by atoms with E-state index in [0.29, 0.717) is 0 Å². The Morgan fingerprint density at radius 2 is 1.25 bits per heavy atom. The summed E-state index contributed by atoms with van der Waals surface area (Å²) in [5.41, 5.74) is 0. The van der Waals surface area contributed by atoms with Gasteiger partial charge in [0.15, 0.2) is 0 Å². The summed E-state index contributed by atoms with van der Waals surface area (Å²) in [6.07, 6.45) is 8.15. The van der Waals surface area contributed by atoms with E-state index < -0.39 is 18.4 Å². The summed E-state index contributed by atoms with van der Waals surface area (Å²) in [5, 5.41) is 0. The van der Waals surface area contributed by atoms with Crippen LogP contribution in [0.1, 0.15) is 67.6 Å². The predicted octanol–water partition coefficient (Wildman–Crippen LogP) is 5.95. The second-order valence-corrected chi connectivity index (χ2v) is 18.0. The Kier molecular flexibility index (Phi) is 9.74. The Balaban J connectivity index is 4.70. The van der Waals surface area contributed by atoms with Crippen LogP contribution >= 0.6 is 0 Å². The quantitative estimate of drug-likeness (QED) is 0.434. The first-order valence-corrected chi connectivity index (χ1v) is 15.0. The monoisotopic (exact) mass is 333 g/mol. The molecule has 0 nitrogen and oxygen atoms in total. The van der Waals surface area contributed by atoms with Crippen molar-refractivity contribution in [2.45, 2.75) is 79.5 Å². The number of rotatable bonds is 10. The van der Waals surface area contributed by atoms with E-state index in [0.717, 1.165) is 6.05 Å². The van der Waals surface area contributed by atoms with Gasteiger partial charge in [-0.05, 0) is 0 Å². The Labute approximate surface area is 109 Å². The normalized spacial score (nSPS) is 14.0. The molecule has 0 amide bonds. The van der Waals surface area contributed by atoms with E-state index in [1.807, 2.05) is 6.92 Å². The Morgan fingerprint density at radius 1 is 0.875 bits per heavy atom. The van der Waals surface area contributed by atoms with Crippen molar-refractivity contribution in [2.24, 2.45) is 0 Å². The molecule has 0 radical (unpaired) electrons. The van der Waals surface area contributed by atoms with Crippen LogP contribution in [0.25, 0.3) is 0 Å². The summed E-state index contributed by atoms with van der Waals surface area (Å²) in [6, 6.07) is 0.851. The van der Waals surface area contributed by atoms with E-state index in [2.05, 4.69) is 24.9 Å². The van der Waals surface area contributed by atoms with Crippen molar-refractivity contribution in [1.82, 2.24) is 0 Å². The summed E-state index contributed by atoms with van der Waals surface area (Å²) in [6.45, 7) is 8.88. The molecule has 1 heteroatoms. The molecule has 0 heterocycles. The average molecular weight is 332 g/mol. The van der Waals surface area contributed by atoms with Crippen LogP contribution in [0.2, 0.25) is 13.3 Å². The van der Waals surface area contributed by atoms with Crippen molar-refractivity contribution in [3.63, 3.8) is 0 Å². The van der Waals surface area contributed by atoms with Gasteiger partial charge in [-0.25, -0.2) is 0 Å². The van der Waals surface area contributed by atoms with E-state index in [1.165, 1.54) is 51.8 Å². The second-order valence-electron chi connectivity index (χ2n) is 5.11. The van der Waals surface area contributed by atoms with Crippen LogP contribution in [0.3, 0.4) is 0 Å². The third kappa shape index (κ3) is 6.98. The molecular weight excluding hydrogens is 299 g/mol. The molecule has 0 rings (SSSR count). The molecule has 0 spiro atoms. The van der Waals surface area contributed by atoms with Gasteiger partial charge in [0.05, 0.1) is 0 Å². The molecule has 0 unspecified atom stereocenters. The van der Waals surface area contributed by atoms with E-state index in [1.54, 1.807) is 0 Å². The second kappa shape index (κ2) is 10.7. The standard InChI is InChI=1S/3C4H9.C3H5.Sn/c3*1-3-4-2;1-3-2;/h3*1,3-4H2,2H3;1,3H,2H3;/i;;;3D;. The minimum absolute atomic E-state index is 0.851. The van der Waals surface area contributed by atoms with Crippen LogP contribution < -0.4 is 0 Å². The summed E-state index contributed by atoms with van der Waals surface area (Å²) < 4.78 is 14.8. The van der Waals surface area contributed by atoms with Gasteiger partial charge in [-0.1, -0.05) is 0 Å². The Morgan fingerprint density at radius 3 is 1.50 bits per heavy atom. The molecule has 0 bridgehead atoms. The van der Waals surface area contributed by atoms with Crippen molar-refractivity contribution in [1.29, 1.82) is 0 Å². The first-order chi connectivity index (χ1) is 8.10. The molecule has 0 aliphatic carbocycles. The minimum atomic E-state index is -2.09. The fraction of sp³-hybridized carbons (Fsp3) is 0.867. The van der Waals surface area contributed by atoms with Crippen LogP contribution in [-0.4, -0.2) is 18.4 Å². The molecule has 0 saturated carbocycles. The van der Waals surface area contributed by atoms with Crippen LogP contribution in [0, 0.1) is 0 Å². The molecular formula is C15H32Sn. The van der Waals surface area contributed by atoms with Crippen LogP contribution in [0.15, 0.2) is 10.1 Å². The SMILES string of the molecule is [2H]/C(C)=[CH]\[Sn]([CH2]CCC)([CH2]CCC)[CH2]CCC. The van der Waals surface area contributed by atoms with Gasteiger partial charge in [0.1, 0.15) is 0 Å². The summed E-state index contributed by atoms with van der Waals surface area (Å²) in [5.74, 6) is 0. The molecule has 0 fully saturated rings.